The van der Waals surface area contributed by atoms with Gasteiger partial charge in [0.2, 0.25) is 0 Å². The van der Waals surface area contributed by atoms with Crippen LogP contribution in [0.1, 0.15) is 40.5 Å². The molecule has 0 aromatic heterocycles. The number of hydrogen-bond acceptors (Lipinski definition) is 4. The zero-order valence-electron chi connectivity index (χ0n) is 10.6. The van der Waals surface area contributed by atoms with Gasteiger partial charge in [-0.25, -0.2) is 10.2 Å². The first-order valence-corrected chi connectivity index (χ1v) is 5.84. The van der Waals surface area contributed by atoms with Gasteiger partial charge in [-0.3, -0.25) is 5.43 Å². The zero-order valence-corrected chi connectivity index (χ0v) is 10.6. The van der Waals surface area contributed by atoms with E-state index in [2.05, 4.69) is 23.1 Å². The number of carbonyl (C=O) groups is 1. The van der Waals surface area contributed by atoms with Crippen LogP contribution in [0.15, 0.2) is 0 Å². The number of nitrogens with one attached hydrogen (secondary N) is 3. The summed E-state index contributed by atoms with van der Waals surface area (Å²) in [4.78, 5) is 11.5. The number of amides is 1. The molecule has 1 aliphatic rings. The molecule has 1 aliphatic heterocycles. The second-order valence-corrected chi connectivity index (χ2v) is 5.31. The molecule has 0 aliphatic carbocycles. The van der Waals surface area contributed by atoms with E-state index in [-0.39, 0.29) is 5.54 Å². The van der Waals surface area contributed by atoms with Gasteiger partial charge in [0.25, 0.3) is 0 Å². The fourth-order valence-electron chi connectivity index (χ4n) is 1.73. The Morgan fingerprint density at radius 1 is 1.50 bits per heavy atom. The van der Waals surface area contributed by atoms with E-state index in [0.29, 0.717) is 0 Å². The van der Waals surface area contributed by atoms with Crippen molar-refractivity contribution < 1.29 is 9.53 Å². The van der Waals surface area contributed by atoms with E-state index in [0.717, 1.165) is 25.9 Å². The van der Waals surface area contributed by atoms with Crippen molar-refractivity contribution in [3.8, 4) is 0 Å². The molecule has 3 N–H and O–H groups in total. The third-order valence-electron chi connectivity index (χ3n) is 2.75. The van der Waals surface area contributed by atoms with Crippen LogP contribution in [0.5, 0.6) is 0 Å². The molecule has 0 bridgehead atoms. The van der Waals surface area contributed by atoms with E-state index in [4.69, 9.17) is 4.74 Å². The van der Waals surface area contributed by atoms with Crippen molar-refractivity contribution in [1.29, 1.82) is 0 Å². The van der Waals surface area contributed by atoms with E-state index in [1.165, 1.54) is 0 Å². The summed E-state index contributed by atoms with van der Waals surface area (Å²) >= 11 is 0. The van der Waals surface area contributed by atoms with Crippen LogP contribution in [-0.4, -0.2) is 30.3 Å². The number of hydrazine groups is 1. The zero-order chi connectivity index (χ0) is 12.2. The Morgan fingerprint density at radius 2 is 2.19 bits per heavy atom. The summed E-state index contributed by atoms with van der Waals surface area (Å²) < 4.78 is 5.15. The smallest absolute Gasteiger partial charge is 0.422 e. The third kappa shape index (κ3) is 3.98. The van der Waals surface area contributed by atoms with Crippen molar-refractivity contribution in [2.75, 3.05) is 13.1 Å². The van der Waals surface area contributed by atoms with Crippen molar-refractivity contribution in [2.24, 2.45) is 0 Å². The van der Waals surface area contributed by atoms with Crippen LogP contribution in [0.25, 0.3) is 0 Å². The van der Waals surface area contributed by atoms with E-state index >= 15 is 0 Å². The fourth-order valence-corrected chi connectivity index (χ4v) is 1.73. The highest BCUT2D eigenvalue weighted by atomic mass is 16.6. The molecule has 16 heavy (non-hydrogen) atoms. The lowest BCUT2D eigenvalue weighted by molar-refractivity contribution is 0.0466. The molecule has 94 valence electrons. The monoisotopic (exact) mass is 229 g/mol. The van der Waals surface area contributed by atoms with Gasteiger partial charge in [0.1, 0.15) is 5.60 Å². The number of rotatable bonds is 3. The molecule has 1 atom stereocenters. The lowest BCUT2D eigenvalue weighted by Gasteiger charge is -2.29. The molecule has 1 rings (SSSR count). The number of ether oxygens (including phenoxy) is 1. The van der Waals surface area contributed by atoms with Crippen LogP contribution < -0.4 is 16.2 Å². The molecular formula is C11H23N3O2. The minimum Gasteiger partial charge on any atom is -0.443 e. The molecule has 0 radical (unpaired) electrons. The first-order chi connectivity index (χ1) is 7.37. The molecule has 1 amide bonds. The normalized spacial score (nSPS) is 25.5. The predicted octanol–water partition coefficient (Wildman–Crippen LogP) is 1.16. The Labute approximate surface area is 97.3 Å². The second kappa shape index (κ2) is 5.01. The Morgan fingerprint density at radius 3 is 2.62 bits per heavy atom. The molecular weight excluding hydrogens is 206 g/mol. The average molecular weight is 229 g/mol. The van der Waals surface area contributed by atoms with Gasteiger partial charge < -0.3 is 10.1 Å². The predicted molar refractivity (Wildman–Crippen MR) is 63.0 cm³/mol. The number of carbonyl (C=O) groups excluding carboxylic acids is 1. The molecule has 1 fully saturated rings. The SMILES string of the molecule is CCC1(NNC(=O)OC(C)(C)C)CCNC1. The Bertz CT molecular complexity index is 242. The highest BCUT2D eigenvalue weighted by molar-refractivity contribution is 5.67. The van der Waals surface area contributed by atoms with Gasteiger partial charge in [-0.05, 0) is 40.2 Å². The Kier molecular flexibility index (Phi) is 4.15. The topological polar surface area (TPSA) is 62.4 Å². The van der Waals surface area contributed by atoms with Crippen LogP contribution in [0.2, 0.25) is 0 Å². The van der Waals surface area contributed by atoms with Crippen LogP contribution in [-0.2, 0) is 4.74 Å². The molecule has 0 spiro atoms. The molecule has 0 saturated carbocycles. The molecule has 1 heterocycles. The van der Waals surface area contributed by atoms with Crippen molar-refractivity contribution in [3.63, 3.8) is 0 Å². The van der Waals surface area contributed by atoms with Crippen LogP contribution in [0.3, 0.4) is 0 Å². The van der Waals surface area contributed by atoms with E-state index in [1.807, 2.05) is 20.8 Å². The highest BCUT2D eigenvalue weighted by Crippen LogP contribution is 2.17. The summed E-state index contributed by atoms with van der Waals surface area (Å²) in [5.41, 5.74) is 5.21. The first-order valence-electron chi connectivity index (χ1n) is 5.84. The summed E-state index contributed by atoms with van der Waals surface area (Å²) in [6.07, 6.45) is 1.56. The summed E-state index contributed by atoms with van der Waals surface area (Å²) in [5, 5.41) is 3.28. The lowest BCUT2D eigenvalue weighted by atomic mass is 9.96. The molecule has 0 aromatic carbocycles. The fraction of sp³-hybridized carbons (Fsp3) is 0.909. The van der Waals surface area contributed by atoms with Gasteiger partial charge in [0.05, 0.1) is 5.54 Å². The number of hydrogen-bond donors (Lipinski definition) is 3. The maximum Gasteiger partial charge on any atom is 0.422 e. The van der Waals surface area contributed by atoms with Gasteiger partial charge >= 0.3 is 6.09 Å². The van der Waals surface area contributed by atoms with Gasteiger partial charge in [-0.15, -0.1) is 0 Å². The minimum atomic E-state index is -0.459. The summed E-state index contributed by atoms with van der Waals surface area (Å²) in [5.74, 6) is 0. The Hall–Kier alpha value is -0.810. The van der Waals surface area contributed by atoms with Gasteiger partial charge in [0, 0.05) is 6.54 Å². The highest BCUT2D eigenvalue weighted by Gasteiger charge is 2.32. The van der Waals surface area contributed by atoms with Gasteiger partial charge in [-0.2, -0.15) is 0 Å². The molecule has 0 aromatic rings. The van der Waals surface area contributed by atoms with E-state index in [9.17, 15) is 4.79 Å². The lowest BCUT2D eigenvalue weighted by Crippen LogP contribution is -2.55. The van der Waals surface area contributed by atoms with Crippen LogP contribution in [0.4, 0.5) is 4.79 Å². The molecule has 1 unspecified atom stereocenters. The maximum absolute atomic E-state index is 11.5. The van der Waals surface area contributed by atoms with Crippen LogP contribution >= 0.6 is 0 Å². The molecule has 5 heteroatoms. The quantitative estimate of drug-likeness (QED) is 0.635. The third-order valence-corrected chi connectivity index (χ3v) is 2.75. The summed E-state index contributed by atoms with van der Waals surface area (Å²) in [6, 6.07) is 0. The van der Waals surface area contributed by atoms with Crippen LogP contribution in [0, 0.1) is 0 Å². The Balaban J connectivity index is 2.35. The van der Waals surface area contributed by atoms with Gasteiger partial charge in [0.15, 0.2) is 0 Å². The van der Waals surface area contributed by atoms with E-state index in [1.54, 1.807) is 0 Å². The summed E-state index contributed by atoms with van der Waals surface area (Å²) in [6.45, 7) is 9.50. The van der Waals surface area contributed by atoms with Gasteiger partial charge in [-0.1, -0.05) is 6.92 Å². The van der Waals surface area contributed by atoms with Crippen molar-refractivity contribution in [1.82, 2.24) is 16.2 Å². The largest absolute Gasteiger partial charge is 0.443 e. The van der Waals surface area contributed by atoms with E-state index < -0.39 is 11.7 Å². The standard InChI is InChI=1S/C11H23N3O2/c1-5-11(6-7-12-8-11)14-13-9(15)16-10(2,3)4/h12,14H,5-8H2,1-4H3,(H,13,15). The first kappa shape index (κ1) is 13.3. The maximum atomic E-state index is 11.5. The van der Waals surface area contributed by atoms with Crippen molar-refractivity contribution in [3.05, 3.63) is 0 Å². The second-order valence-electron chi connectivity index (χ2n) is 5.31. The molecule has 5 nitrogen and oxygen atoms in total. The molecule has 1 saturated heterocycles. The summed E-state index contributed by atoms with van der Waals surface area (Å²) in [7, 11) is 0. The van der Waals surface area contributed by atoms with Crippen molar-refractivity contribution >= 4 is 6.09 Å². The minimum absolute atomic E-state index is 0.0308. The van der Waals surface area contributed by atoms with Crippen molar-refractivity contribution in [2.45, 2.75) is 51.7 Å². The average Bonchev–Trinajstić information content (AvgIpc) is 2.61.